The highest BCUT2D eigenvalue weighted by Crippen LogP contribution is 2.24. The van der Waals surface area contributed by atoms with Crippen LogP contribution in [0.4, 0.5) is 0 Å². The van der Waals surface area contributed by atoms with Gasteiger partial charge in [-0.25, -0.2) is 4.68 Å². The Morgan fingerprint density at radius 3 is 2.74 bits per heavy atom. The summed E-state index contributed by atoms with van der Waals surface area (Å²) in [5.74, 6) is 0.855. The van der Waals surface area contributed by atoms with E-state index in [2.05, 4.69) is 15.5 Å². The molecule has 9 heteroatoms. The van der Waals surface area contributed by atoms with Crippen molar-refractivity contribution in [3.63, 3.8) is 0 Å². The first-order valence-corrected chi connectivity index (χ1v) is 9.04. The van der Waals surface area contributed by atoms with Crippen molar-refractivity contribution in [2.45, 2.75) is 55.8 Å². The molecule has 1 aromatic heterocycles. The summed E-state index contributed by atoms with van der Waals surface area (Å²) in [7, 11) is 1.79. The van der Waals surface area contributed by atoms with Gasteiger partial charge in [-0.3, -0.25) is 4.79 Å². The maximum atomic E-state index is 12.4. The van der Waals surface area contributed by atoms with Crippen LogP contribution in [0.25, 0.3) is 0 Å². The molecule has 8 nitrogen and oxygen atoms in total. The second kappa shape index (κ2) is 9.19. The van der Waals surface area contributed by atoms with E-state index in [1.54, 1.807) is 16.6 Å². The second-order valence-electron chi connectivity index (χ2n) is 5.81. The number of aliphatic hydroxyl groups is 2. The lowest BCUT2D eigenvalue weighted by Crippen LogP contribution is -2.44. The molecule has 2 rings (SSSR count). The Hall–Kier alpha value is -1.19. The summed E-state index contributed by atoms with van der Waals surface area (Å²) < 4.78 is 1.61. The second-order valence-corrected chi connectivity index (χ2v) is 6.87. The molecule has 1 aliphatic rings. The zero-order chi connectivity index (χ0) is 16.7. The Bertz CT molecular complexity index is 491. The predicted octanol–water partition coefficient (Wildman–Crippen LogP) is 0.207. The van der Waals surface area contributed by atoms with Crippen LogP contribution in [-0.4, -0.2) is 72.3 Å². The number of carbonyl (C=O) groups is 1. The average Bonchev–Trinajstić information content (AvgIpc) is 2.95. The van der Waals surface area contributed by atoms with Crippen molar-refractivity contribution < 1.29 is 15.0 Å². The Labute approximate surface area is 140 Å². The molecule has 0 unspecified atom stereocenters. The Morgan fingerprint density at radius 2 is 2.13 bits per heavy atom. The van der Waals surface area contributed by atoms with Crippen molar-refractivity contribution >= 4 is 17.7 Å². The van der Waals surface area contributed by atoms with Crippen LogP contribution in [0, 0.1) is 0 Å². The quantitative estimate of drug-likeness (QED) is 0.513. The summed E-state index contributed by atoms with van der Waals surface area (Å²) in [4.78, 5) is 14.2. The monoisotopic (exact) mass is 343 g/mol. The maximum absolute atomic E-state index is 12.4. The standard InChI is InChI=1S/C14H25N5O3S/c1-18-14(15-16-17-18)23-10-2-3-13(22)19(8-9-20)11-4-6-12(21)7-5-11/h11-12,20-21H,2-10H2,1H3. The first kappa shape index (κ1) is 18.2. The lowest BCUT2D eigenvalue weighted by molar-refractivity contribution is -0.135. The molecule has 0 aromatic carbocycles. The van der Waals surface area contributed by atoms with E-state index in [0.29, 0.717) is 13.0 Å². The zero-order valence-electron chi connectivity index (χ0n) is 13.5. The van der Waals surface area contributed by atoms with Crippen LogP contribution in [0.15, 0.2) is 5.16 Å². The van der Waals surface area contributed by atoms with Crippen LogP contribution in [-0.2, 0) is 11.8 Å². The highest BCUT2D eigenvalue weighted by molar-refractivity contribution is 7.99. The minimum atomic E-state index is -0.242. The molecule has 23 heavy (non-hydrogen) atoms. The molecule has 130 valence electrons. The van der Waals surface area contributed by atoms with Gasteiger partial charge >= 0.3 is 0 Å². The van der Waals surface area contributed by atoms with Gasteiger partial charge in [-0.05, 0) is 42.5 Å². The van der Waals surface area contributed by atoms with E-state index in [0.717, 1.165) is 43.0 Å². The van der Waals surface area contributed by atoms with Gasteiger partial charge < -0.3 is 15.1 Å². The molecule has 1 aliphatic carbocycles. The molecule has 1 aromatic rings. The van der Waals surface area contributed by atoms with Gasteiger partial charge in [-0.15, -0.1) is 5.10 Å². The number of aryl methyl sites for hydroxylation is 1. The van der Waals surface area contributed by atoms with Crippen LogP contribution in [0.3, 0.4) is 0 Å². The summed E-state index contributed by atoms with van der Waals surface area (Å²) >= 11 is 1.53. The molecule has 0 radical (unpaired) electrons. The number of tetrazole rings is 1. The van der Waals surface area contributed by atoms with Crippen molar-refractivity contribution in [2.24, 2.45) is 7.05 Å². The molecule has 0 saturated heterocycles. The Kier molecular flexibility index (Phi) is 7.25. The minimum Gasteiger partial charge on any atom is -0.395 e. The van der Waals surface area contributed by atoms with Gasteiger partial charge in [0.2, 0.25) is 11.1 Å². The van der Waals surface area contributed by atoms with Crippen molar-refractivity contribution in [2.75, 3.05) is 18.9 Å². The molecule has 0 atom stereocenters. The third-order valence-electron chi connectivity index (χ3n) is 4.12. The van der Waals surface area contributed by atoms with Gasteiger partial charge in [-0.2, -0.15) is 0 Å². The molecule has 2 N–H and O–H groups in total. The number of thioether (sulfide) groups is 1. The van der Waals surface area contributed by atoms with Crippen LogP contribution in [0.2, 0.25) is 0 Å². The van der Waals surface area contributed by atoms with Crippen LogP contribution < -0.4 is 0 Å². The van der Waals surface area contributed by atoms with Gasteiger partial charge in [0.15, 0.2) is 0 Å². The van der Waals surface area contributed by atoms with Crippen molar-refractivity contribution in [1.29, 1.82) is 0 Å². The Balaban J connectivity index is 1.75. The summed E-state index contributed by atoms with van der Waals surface area (Å²) in [5.41, 5.74) is 0. The van der Waals surface area contributed by atoms with Gasteiger partial charge in [0, 0.05) is 31.8 Å². The third-order valence-corrected chi connectivity index (χ3v) is 5.21. The molecule has 1 saturated carbocycles. The molecular formula is C14H25N5O3S. The van der Waals surface area contributed by atoms with Gasteiger partial charge in [0.05, 0.1) is 12.7 Å². The number of aromatic nitrogens is 4. The number of hydrogen-bond donors (Lipinski definition) is 2. The Morgan fingerprint density at radius 1 is 1.39 bits per heavy atom. The fraction of sp³-hybridized carbons (Fsp3) is 0.857. The summed E-state index contributed by atoms with van der Waals surface area (Å²) in [6, 6.07) is 0.147. The van der Waals surface area contributed by atoms with Gasteiger partial charge in [-0.1, -0.05) is 11.8 Å². The van der Waals surface area contributed by atoms with E-state index in [1.165, 1.54) is 11.8 Å². The van der Waals surface area contributed by atoms with Crippen molar-refractivity contribution in [3.8, 4) is 0 Å². The van der Waals surface area contributed by atoms with E-state index < -0.39 is 0 Å². The first-order chi connectivity index (χ1) is 11.1. The van der Waals surface area contributed by atoms with E-state index in [9.17, 15) is 15.0 Å². The average molecular weight is 343 g/mol. The molecule has 1 heterocycles. The summed E-state index contributed by atoms with van der Waals surface area (Å²) in [5, 5.41) is 30.8. The smallest absolute Gasteiger partial charge is 0.222 e. The number of nitrogens with zero attached hydrogens (tertiary/aromatic N) is 5. The molecule has 0 bridgehead atoms. The van der Waals surface area contributed by atoms with E-state index >= 15 is 0 Å². The third kappa shape index (κ3) is 5.43. The summed E-state index contributed by atoms with van der Waals surface area (Å²) in [6.45, 7) is 0.351. The lowest BCUT2D eigenvalue weighted by atomic mass is 9.91. The van der Waals surface area contributed by atoms with E-state index in [-0.39, 0.29) is 24.7 Å². The van der Waals surface area contributed by atoms with E-state index in [1.807, 2.05) is 0 Å². The minimum absolute atomic E-state index is 0.0237. The zero-order valence-corrected chi connectivity index (χ0v) is 14.3. The normalized spacial score (nSPS) is 21.3. The first-order valence-electron chi connectivity index (χ1n) is 8.05. The maximum Gasteiger partial charge on any atom is 0.222 e. The van der Waals surface area contributed by atoms with Crippen molar-refractivity contribution in [1.82, 2.24) is 25.1 Å². The number of carbonyl (C=O) groups excluding carboxylic acids is 1. The van der Waals surface area contributed by atoms with E-state index in [4.69, 9.17) is 0 Å². The lowest BCUT2D eigenvalue weighted by Gasteiger charge is -2.35. The number of amides is 1. The number of hydrogen-bond acceptors (Lipinski definition) is 7. The number of rotatable bonds is 8. The fourth-order valence-corrected chi connectivity index (χ4v) is 3.65. The molecule has 0 aliphatic heterocycles. The van der Waals surface area contributed by atoms with Crippen LogP contribution >= 0.6 is 11.8 Å². The van der Waals surface area contributed by atoms with Gasteiger partial charge in [0.1, 0.15) is 0 Å². The SMILES string of the molecule is Cn1nnnc1SCCCC(=O)N(CCO)C1CCC(O)CC1. The topological polar surface area (TPSA) is 104 Å². The largest absolute Gasteiger partial charge is 0.395 e. The van der Waals surface area contributed by atoms with Crippen molar-refractivity contribution in [3.05, 3.63) is 0 Å². The highest BCUT2D eigenvalue weighted by Gasteiger charge is 2.27. The van der Waals surface area contributed by atoms with Crippen LogP contribution in [0.1, 0.15) is 38.5 Å². The molecule has 0 spiro atoms. The number of aliphatic hydroxyl groups excluding tert-OH is 2. The van der Waals surface area contributed by atoms with Crippen LogP contribution in [0.5, 0.6) is 0 Å². The fourth-order valence-electron chi connectivity index (χ4n) is 2.86. The van der Waals surface area contributed by atoms with Gasteiger partial charge in [0.25, 0.3) is 0 Å². The molecule has 1 fully saturated rings. The molecule has 1 amide bonds. The predicted molar refractivity (Wildman–Crippen MR) is 85.8 cm³/mol. The molecular weight excluding hydrogens is 318 g/mol. The summed E-state index contributed by atoms with van der Waals surface area (Å²) in [6.07, 6.45) is 4.04. The highest BCUT2D eigenvalue weighted by atomic mass is 32.2.